The maximum Gasteiger partial charge on any atom is 0.153 e. The number of rotatable bonds is 6. The third-order valence-electron chi connectivity index (χ3n) is 2.47. The van der Waals surface area contributed by atoms with Gasteiger partial charge in [0.2, 0.25) is 0 Å². The topological polar surface area (TPSA) is 61.8 Å². The Kier molecular flexibility index (Phi) is 6.28. The van der Waals surface area contributed by atoms with Gasteiger partial charge in [0, 0.05) is 12.6 Å². The summed E-state index contributed by atoms with van der Waals surface area (Å²) in [5.74, 6) is 0.922. The molecule has 4 heteroatoms. The van der Waals surface area contributed by atoms with E-state index in [1.165, 1.54) is 0 Å². The van der Waals surface area contributed by atoms with Crippen molar-refractivity contribution < 1.29 is 5.21 Å². The number of nitrogens with two attached hydrogens (primary N) is 1. The van der Waals surface area contributed by atoms with E-state index >= 15 is 0 Å². The van der Waals surface area contributed by atoms with Crippen LogP contribution in [0.3, 0.4) is 0 Å². The number of hydrogen-bond acceptors (Lipinski definition) is 3. The second-order valence-electron chi connectivity index (χ2n) is 4.13. The zero-order valence-electron chi connectivity index (χ0n) is 9.70. The van der Waals surface area contributed by atoms with Crippen molar-refractivity contribution in [3.05, 3.63) is 0 Å². The molecule has 0 aromatic rings. The summed E-state index contributed by atoms with van der Waals surface area (Å²) in [6.07, 6.45) is 1.15. The van der Waals surface area contributed by atoms with Gasteiger partial charge >= 0.3 is 0 Å². The van der Waals surface area contributed by atoms with Gasteiger partial charge < -0.3 is 10.9 Å². The third kappa shape index (κ3) is 5.07. The Labute approximate surface area is 86.8 Å². The molecule has 0 aromatic carbocycles. The van der Waals surface area contributed by atoms with Crippen LogP contribution in [0.1, 0.15) is 34.1 Å². The van der Waals surface area contributed by atoms with Crippen LogP contribution in [0, 0.1) is 5.92 Å². The standard InChI is InChI=1S/C10H23N3O/c1-5-9(4)6-13(8(2)3)7-10(11)12-14/h8-9,14H,5-7H2,1-4H3,(H2,11,12). The molecular weight excluding hydrogens is 178 g/mol. The van der Waals surface area contributed by atoms with Gasteiger partial charge in [-0.15, -0.1) is 0 Å². The van der Waals surface area contributed by atoms with Gasteiger partial charge in [0.05, 0.1) is 6.54 Å². The van der Waals surface area contributed by atoms with Gasteiger partial charge in [0.25, 0.3) is 0 Å². The summed E-state index contributed by atoms with van der Waals surface area (Å²) in [5.41, 5.74) is 5.49. The van der Waals surface area contributed by atoms with Gasteiger partial charge in [0.1, 0.15) is 0 Å². The molecular formula is C10H23N3O. The lowest BCUT2D eigenvalue weighted by Crippen LogP contribution is -2.41. The fraction of sp³-hybridized carbons (Fsp3) is 0.900. The van der Waals surface area contributed by atoms with Crippen molar-refractivity contribution in [1.82, 2.24) is 4.90 Å². The lowest BCUT2D eigenvalue weighted by Gasteiger charge is -2.28. The third-order valence-corrected chi connectivity index (χ3v) is 2.47. The predicted molar refractivity (Wildman–Crippen MR) is 59.6 cm³/mol. The summed E-state index contributed by atoms with van der Waals surface area (Å²) in [5, 5.41) is 11.5. The van der Waals surface area contributed by atoms with Crippen molar-refractivity contribution in [3.8, 4) is 0 Å². The monoisotopic (exact) mass is 201 g/mol. The quantitative estimate of drug-likeness (QED) is 0.296. The smallest absolute Gasteiger partial charge is 0.153 e. The molecule has 0 fully saturated rings. The summed E-state index contributed by atoms with van der Waals surface area (Å²) in [6, 6.07) is 0.421. The fourth-order valence-electron chi connectivity index (χ4n) is 1.23. The molecule has 14 heavy (non-hydrogen) atoms. The lowest BCUT2D eigenvalue weighted by atomic mass is 10.1. The van der Waals surface area contributed by atoms with Crippen molar-refractivity contribution in [1.29, 1.82) is 0 Å². The van der Waals surface area contributed by atoms with Gasteiger partial charge in [-0.3, -0.25) is 4.90 Å². The first-order valence-corrected chi connectivity index (χ1v) is 5.21. The molecule has 0 radical (unpaired) electrons. The molecule has 0 bridgehead atoms. The molecule has 0 heterocycles. The molecule has 0 aliphatic rings. The second-order valence-corrected chi connectivity index (χ2v) is 4.13. The van der Waals surface area contributed by atoms with Crippen LogP contribution < -0.4 is 5.73 Å². The highest BCUT2D eigenvalue weighted by Crippen LogP contribution is 2.07. The Balaban J connectivity index is 4.16. The first-order valence-electron chi connectivity index (χ1n) is 5.21. The van der Waals surface area contributed by atoms with Gasteiger partial charge in [-0.25, -0.2) is 0 Å². The zero-order valence-corrected chi connectivity index (χ0v) is 9.70. The summed E-state index contributed by atoms with van der Waals surface area (Å²) in [7, 11) is 0. The Hall–Kier alpha value is -0.770. The lowest BCUT2D eigenvalue weighted by molar-refractivity contribution is 0.213. The van der Waals surface area contributed by atoms with Crippen LogP contribution in [0.15, 0.2) is 5.16 Å². The van der Waals surface area contributed by atoms with Crippen LogP contribution in [-0.4, -0.2) is 35.1 Å². The molecule has 4 nitrogen and oxygen atoms in total. The Morgan fingerprint density at radius 3 is 2.36 bits per heavy atom. The van der Waals surface area contributed by atoms with Crippen molar-refractivity contribution in [2.75, 3.05) is 13.1 Å². The SMILES string of the molecule is CCC(C)CN(CC(N)=NO)C(C)C. The number of amidine groups is 1. The Morgan fingerprint density at radius 2 is 2.00 bits per heavy atom. The highest BCUT2D eigenvalue weighted by Gasteiger charge is 2.13. The van der Waals surface area contributed by atoms with Crippen LogP contribution in [-0.2, 0) is 0 Å². The molecule has 0 saturated carbocycles. The summed E-state index contributed by atoms with van der Waals surface area (Å²) < 4.78 is 0. The van der Waals surface area contributed by atoms with Crippen LogP contribution in [0.4, 0.5) is 0 Å². The van der Waals surface area contributed by atoms with Gasteiger partial charge in [-0.2, -0.15) is 0 Å². The van der Waals surface area contributed by atoms with E-state index < -0.39 is 0 Å². The van der Waals surface area contributed by atoms with E-state index in [1.54, 1.807) is 0 Å². The highest BCUT2D eigenvalue weighted by atomic mass is 16.4. The molecule has 84 valence electrons. The maximum atomic E-state index is 8.49. The van der Waals surface area contributed by atoms with Gasteiger partial charge in [-0.1, -0.05) is 25.4 Å². The number of hydrogen-bond donors (Lipinski definition) is 2. The molecule has 0 aromatic heterocycles. The zero-order chi connectivity index (χ0) is 11.1. The normalized spacial score (nSPS) is 15.1. The van der Waals surface area contributed by atoms with E-state index in [4.69, 9.17) is 10.9 Å². The predicted octanol–water partition coefficient (Wildman–Crippen LogP) is 1.49. The number of nitrogens with zero attached hydrogens (tertiary/aromatic N) is 2. The summed E-state index contributed by atoms with van der Waals surface area (Å²) >= 11 is 0. The van der Waals surface area contributed by atoms with E-state index in [0.29, 0.717) is 18.5 Å². The Bertz CT molecular complexity index is 180. The minimum atomic E-state index is 0.280. The summed E-state index contributed by atoms with van der Waals surface area (Å²) in [4.78, 5) is 2.21. The van der Waals surface area contributed by atoms with E-state index in [9.17, 15) is 0 Å². The van der Waals surface area contributed by atoms with Crippen LogP contribution >= 0.6 is 0 Å². The van der Waals surface area contributed by atoms with Gasteiger partial charge in [0.15, 0.2) is 5.84 Å². The van der Waals surface area contributed by atoms with E-state index in [-0.39, 0.29) is 5.84 Å². The Morgan fingerprint density at radius 1 is 1.43 bits per heavy atom. The highest BCUT2D eigenvalue weighted by molar-refractivity contribution is 5.81. The largest absolute Gasteiger partial charge is 0.409 e. The van der Waals surface area contributed by atoms with E-state index in [0.717, 1.165) is 13.0 Å². The molecule has 1 unspecified atom stereocenters. The first-order chi connectivity index (χ1) is 6.51. The molecule has 0 rings (SSSR count). The molecule has 3 N–H and O–H groups in total. The minimum Gasteiger partial charge on any atom is -0.409 e. The average molecular weight is 201 g/mol. The molecule has 1 atom stereocenters. The van der Waals surface area contributed by atoms with Crippen LogP contribution in [0.25, 0.3) is 0 Å². The first kappa shape index (κ1) is 13.2. The molecule has 0 saturated heterocycles. The van der Waals surface area contributed by atoms with Crippen molar-refractivity contribution in [2.24, 2.45) is 16.8 Å². The van der Waals surface area contributed by atoms with Crippen molar-refractivity contribution in [2.45, 2.75) is 40.2 Å². The minimum absolute atomic E-state index is 0.280. The fourth-order valence-corrected chi connectivity index (χ4v) is 1.23. The molecule has 0 amide bonds. The summed E-state index contributed by atoms with van der Waals surface area (Å²) in [6.45, 7) is 10.2. The number of oxime groups is 1. The maximum absolute atomic E-state index is 8.49. The molecule has 0 aliphatic carbocycles. The van der Waals surface area contributed by atoms with Crippen LogP contribution in [0.2, 0.25) is 0 Å². The van der Waals surface area contributed by atoms with E-state index in [2.05, 4.69) is 37.8 Å². The average Bonchev–Trinajstić information content (AvgIpc) is 2.16. The van der Waals surface area contributed by atoms with Crippen molar-refractivity contribution >= 4 is 5.84 Å². The van der Waals surface area contributed by atoms with E-state index in [1.807, 2.05) is 0 Å². The van der Waals surface area contributed by atoms with Crippen LogP contribution in [0.5, 0.6) is 0 Å². The van der Waals surface area contributed by atoms with Gasteiger partial charge in [-0.05, 0) is 19.8 Å². The molecule has 0 spiro atoms. The van der Waals surface area contributed by atoms with Crippen molar-refractivity contribution in [3.63, 3.8) is 0 Å². The second kappa shape index (κ2) is 6.65. The molecule has 0 aliphatic heterocycles.